The number of nitrogens with zero attached hydrogens (tertiary/aromatic N) is 1. The number of hydrogen-bond donors (Lipinski definition) is 1. The number of anilines is 1. The highest BCUT2D eigenvalue weighted by Gasteiger charge is 2.36. The minimum atomic E-state index is -0.522. The zero-order valence-electron chi connectivity index (χ0n) is 16.7. The summed E-state index contributed by atoms with van der Waals surface area (Å²) in [6.45, 7) is -0.370. The Balaban J connectivity index is 1.54. The van der Waals surface area contributed by atoms with Crippen LogP contribution >= 0.6 is 43.6 Å². The van der Waals surface area contributed by atoms with E-state index in [1.165, 1.54) is 7.11 Å². The van der Waals surface area contributed by atoms with Gasteiger partial charge < -0.3 is 10.1 Å². The fourth-order valence-electron chi connectivity index (χ4n) is 3.35. The van der Waals surface area contributed by atoms with Crippen LogP contribution in [-0.4, -0.2) is 35.6 Å². The molecule has 1 aliphatic rings. The number of amides is 3. The van der Waals surface area contributed by atoms with E-state index in [1.54, 1.807) is 18.2 Å². The molecule has 0 atom stereocenters. The van der Waals surface area contributed by atoms with Gasteiger partial charge in [-0.3, -0.25) is 19.3 Å². The fourth-order valence-corrected chi connectivity index (χ4v) is 5.60. The molecule has 0 aromatic heterocycles. The van der Waals surface area contributed by atoms with Gasteiger partial charge in [-0.25, -0.2) is 0 Å². The van der Waals surface area contributed by atoms with Crippen LogP contribution in [0, 0.1) is 0 Å². The third-order valence-corrected chi connectivity index (χ3v) is 6.72. The molecule has 0 bridgehead atoms. The molecule has 0 aliphatic carbocycles. The first-order chi connectivity index (χ1) is 15.4. The minimum absolute atomic E-state index is 0.219. The van der Waals surface area contributed by atoms with Gasteiger partial charge in [0.1, 0.15) is 12.3 Å². The van der Waals surface area contributed by atoms with Gasteiger partial charge >= 0.3 is 0 Å². The smallest absolute Gasteiger partial charge is 0.294 e. The molecule has 0 radical (unpaired) electrons. The Morgan fingerprint density at radius 1 is 1.12 bits per heavy atom. The predicted octanol–water partition coefficient (Wildman–Crippen LogP) is 6.05. The number of hydrogen-bond acceptors (Lipinski definition) is 5. The number of benzene rings is 3. The van der Waals surface area contributed by atoms with E-state index < -0.39 is 17.1 Å². The van der Waals surface area contributed by atoms with Crippen molar-refractivity contribution in [1.29, 1.82) is 0 Å². The maximum atomic E-state index is 12.9. The highest BCUT2D eigenvalue weighted by atomic mass is 79.9. The molecule has 0 unspecified atom stereocenters. The Labute approximate surface area is 205 Å². The second-order valence-electron chi connectivity index (χ2n) is 6.85. The standard InChI is InChI=1S/C23H16Br2N2O4S/c1-31-21-14(9-15(24)11-17(21)25)10-19-22(29)27(23(30)32-19)12-20(28)26-18-8-4-6-13-5-2-3-7-16(13)18/h2-11H,12H2,1H3,(H,26,28)/b19-10+. The molecule has 0 spiro atoms. The predicted molar refractivity (Wildman–Crippen MR) is 134 cm³/mol. The van der Waals surface area contributed by atoms with E-state index in [4.69, 9.17) is 4.74 Å². The van der Waals surface area contributed by atoms with Gasteiger partial charge in [0.2, 0.25) is 5.91 Å². The summed E-state index contributed by atoms with van der Waals surface area (Å²) in [6, 6.07) is 16.8. The van der Waals surface area contributed by atoms with Crippen molar-refractivity contribution in [3.05, 3.63) is 74.0 Å². The Kier molecular flexibility index (Phi) is 6.68. The lowest BCUT2D eigenvalue weighted by atomic mass is 10.1. The van der Waals surface area contributed by atoms with Gasteiger partial charge in [0, 0.05) is 21.1 Å². The molecular formula is C23H16Br2N2O4S. The molecule has 1 N–H and O–H groups in total. The summed E-state index contributed by atoms with van der Waals surface area (Å²) in [7, 11) is 1.52. The number of nitrogens with one attached hydrogen (secondary N) is 1. The Morgan fingerprint density at radius 3 is 2.66 bits per heavy atom. The number of imide groups is 1. The number of methoxy groups -OCH3 is 1. The summed E-state index contributed by atoms with van der Waals surface area (Å²) in [5, 5.41) is 4.17. The zero-order valence-corrected chi connectivity index (χ0v) is 20.7. The topological polar surface area (TPSA) is 75.7 Å². The molecule has 9 heteroatoms. The summed E-state index contributed by atoms with van der Waals surface area (Å²) in [5.74, 6) is -0.437. The Hall–Kier alpha value is -2.62. The van der Waals surface area contributed by atoms with Crippen LogP contribution < -0.4 is 10.1 Å². The first kappa shape index (κ1) is 22.6. The van der Waals surface area contributed by atoms with Gasteiger partial charge in [-0.15, -0.1) is 0 Å². The second-order valence-corrected chi connectivity index (χ2v) is 9.62. The van der Waals surface area contributed by atoms with E-state index in [0.29, 0.717) is 21.5 Å². The molecule has 3 aromatic carbocycles. The van der Waals surface area contributed by atoms with Crippen LogP contribution in [0.2, 0.25) is 0 Å². The largest absolute Gasteiger partial charge is 0.495 e. The van der Waals surface area contributed by atoms with Crippen molar-refractivity contribution in [1.82, 2.24) is 4.90 Å². The number of ether oxygens (including phenoxy) is 1. The van der Waals surface area contributed by atoms with Crippen molar-refractivity contribution in [3.63, 3.8) is 0 Å². The van der Waals surface area contributed by atoms with Crippen molar-refractivity contribution in [2.24, 2.45) is 0 Å². The second kappa shape index (κ2) is 9.48. The summed E-state index contributed by atoms with van der Waals surface area (Å²) in [5.41, 5.74) is 1.25. The van der Waals surface area contributed by atoms with Crippen LogP contribution in [0.4, 0.5) is 10.5 Å². The average Bonchev–Trinajstić information content (AvgIpc) is 3.01. The molecule has 1 heterocycles. The van der Waals surface area contributed by atoms with E-state index in [2.05, 4.69) is 37.2 Å². The highest BCUT2D eigenvalue weighted by Crippen LogP contribution is 2.38. The van der Waals surface area contributed by atoms with Gasteiger partial charge in [0.15, 0.2) is 0 Å². The molecule has 162 valence electrons. The average molecular weight is 576 g/mol. The lowest BCUT2D eigenvalue weighted by molar-refractivity contribution is -0.127. The molecule has 3 amide bonds. The molecule has 0 saturated carbocycles. The van der Waals surface area contributed by atoms with Gasteiger partial charge in [-0.05, 0) is 57.4 Å². The Morgan fingerprint density at radius 2 is 1.88 bits per heavy atom. The molecule has 1 fully saturated rings. The molecule has 1 saturated heterocycles. The third kappa shape index (κ3) is 4.60. The van der Waals surface area contributed by atoms with Crippen molar-refractivity contribution < 1.29 is 19.1 Å². The molecular weight excluding hydrogens is 560 g/mol. The van der Waals surface area contributed by atoms with E-state index in [-0.39, 0.29) is 11.4 Å². The van der Waals surface area contributed by atoms with Crippen molar-refractivity contribution in [3.8, 4) is 5.75 Å². The van der Waals surface area contributed by atoms with Crippen molar-refractivity contribution in [2.75, 3.05) is 19.0 Å². The van der Waals surface area contributed by atoms with Gasteiger partial charge in [0.05, 0.1) is 16.5 Å². The summed E-state index contributed by atoms with van der Waals surface area (Å²) in [6.07, 6.45) is 1.59. The van der Waals surface area contributed by atoms with E-state index in [9.17, 15) is 14.4 Å². The van der Waals surface area contributed by atoms with E-state index >= 15 is 0 Å². The van der Waals surface area contributed by atoms with E-state index in [0.717, 1.165) is 31.9 Å². The quantitative estimate of drug-likeness (QED) is 0.375. The first-order valence-corrected chi connectivity index (χ1v) is 11.8. The van der Waals surface area contributed by atoms with Crippen LogP contribution in [0.5, 0.6) is 5.75 Å². The summed E-state index contributed by atoms with van der Waals surface area (Å²) in [4.78, 5) is 39.1. The molecule has 3 aromatic rings. The van der Waals surface area contributed by atoms with Crippen LogP contribution in [0.15, 0.2) is 68.4 Å². The summed E-state index contributed by atoms with van der Waals surface area (Å²) >= 11 is 7.62. The number of carbonyl (C=O) groups excluding carboxylic acids is 3. The van der Waals surface area contributed by atoms with Crippen LogP contribution in [0.1, 0.15) is 5.56 Å². The number of thioether (sulfide) groups is 1. The normalized spacial score (nSPS) is 15.0. The number of halogens is 2. The lowest BCUT2D eigenvalue weighted by Crippen LogP contribution is -2.36. The fraction of sp³-hybridized carbons (Fsp3) is 0.0870. The minimum Gasteiger partial charge on any atom is -0.495 e. The summed E-state index contributed by atoms with van der Waals surface area (Å²) < 4.78 is 6.89. The van der Waals surface area contributed by atoms with Crippen LogP contribution in [0.25, 0.3) is 16.8 Å². The lowest BCUT2D eigenvalue weighted by Gasteiger charge is -2.13. The highest BCUT2D eigenvalue weighted by molar-refractivity contribution is 9.11. The van der Waals surface area contributed by atoms with Crippen LogP contribution in [-0.2, 0) is 9.59 Å². The third-order valence-electron chi connectivity index (χ3n) is 4.77. The maximum Gasteiger partial charge on any atom is 0.294 e. The monoisotopic (exact) mass is 574 g/mol. The van der Waals surface area contributed by atoms with Gasteiger partial charge in [0.25, 0.3) is 11.1 Å². The number of carbonyl (C=O) groups is 3. The maximum absolute atomic E-state index is 12.9. The molecule has 6 nitrogen and oxygen atoms in total. The number of rotatable bonds is 5. The Bertz CT molecular complexity index is 1290. The van der Waals surface area contributed by atoms with Gasteiger partial charge in [-0.2, -0.15) is 0 Å². The van der Waals surface area contributed by atoms with Crippen LogP contribution in [0.3, 0.4) is 0 Å². The van der Waals surface area contributed by atoms with E-state index in [1.807, 2.05) is 42.5 Å². The molecule has 1 aliphatic heterocycles. The molecule has 32 heavy (non-hydrogen) atoms. The van der Waals surface area contributed by atoms with Crippen molar-refractivity contribution in [2.45, 2.75) is 0 Å². The SMILES string of the molecule is COc1c(Br)cc(Br)cc1/C=C1/SC(=O)N(CC(=O)Nc2cccc3ccccc23)C1=O. The van der Waals surface area contributed by atoms with Crippen molar-refractivity contribution >= 4 is 83.2 Å². The van der Waals surface area contributed by atoms with Gasteiger partial charge in [-0.1, -0.05) is 52.3 Å². The molecule has 4 rings (SSSR count). The zero-order chi connectivity index (χ0) is 22.8. The first-order valence-electron chi connectivity index (χ1n) is 9.43. The number of fused-ring (bicyclic) bond motifs is 1.